The predicted molar refractivity (Wildman–Crippen MR) is 117 cm³/mol. The number of anilines is 3. The molecule has 0 radical (unpaired) electrons. The van der Waals surface area contributed by atoms with Crippen molar-refractivity contribution in [3.05, 3.63) is 88.4 Å². The van der Waals surface area contributed by atoms with Crippen LogP contribution in [0.3, 0.4) is 0 Å². The number of halogens is 1. The van der Waals surface area contributed by atoms with E-state index in [-0.39, 0.29) is 11.9 Å². The van der Waals surface area contributed by atoms with Crippen molar-refractivity contribution in [3.8, 4) is 0 Å². The number of benzene rings is 3. The van der Waals surface area contributed by atoms with Gasteiger partial charge in [0.05, 0.1) is 0 Å². The Hall–Kier alpha value is -3.31. The van der Waals surface area contributed by atoms with Crippen LogP contribution in [0.2, 0.25) is 5.02 Å². The van der Waals surface area contributed by atoms with E-state index in [0.717, 1.165) is 23.2 Å². The third kappa shape index (κ3) is 4.10. The average molecular weight is 406 g/mol. The van der Waals surface area contributed by atoms with Gasteiger partial charge in [-0.05, 0) is 60.9 Å². The van der Waals surface area contributed by atoms with Gasteiger partial charge in [-0.25, -0.2) is 4.79 Å². The zero-order chi connectivity index (χ0) is 20.4. The van der Waals surface area contributed by atoms with E-state index in [0.29, 0.717) is 28.5 Å². The summed E-state index contributed by atoms with van der Waals surface area (Å²) in [5.41, 5.74) is 4.75. The lowest BCUT2D eigenvalue weighted by Crippen LogP contribution is -2.29. The van der Waals surface area contributed by atoms with Gasteiger partial charge in [0.2, 0.25) is 0 Å². The third-order valence-electron chi connectivity index (χ3n) is 4.95. The fourth-order valence-corrected chi connectivity index (χ4v) is 3.59. The van der Waals surface area contributed by atoms with Gasteiger partial charge in [-0.15, -0.1) is 0 Å². The molecule has 3 aromatic rings. The highest BCUT2D eigenvalue weighted by molar-refractivity contribution is 6.31. The SMILES string of the molecule is Cc1ccc(Cl)cc1NC(=O)Nc1ccc2c(c1)N(C(=O)c1ccccc1)CC2. The Morgan fingerprint density at radius 2 is 1.76 bits per heavy atom. The Labute approximate surface area is 174 Å². The molecule has 4 rings (SSSR count). The molecule has 146 valence electrons. The number of urea groups is 1. The number of amides is 3. The molecule has 5 nitrogen and oxygen atoms in total. The monoisotopic (exact) mass is 405 g/mol. The van der Waals surface area contributed by atoms with Gasteiger partial charge in [-0.2, -0.15) is 0 Å². The highest BCUT2D eigenvalue weighted by atomic mass is 35.5. The van der Waals surface area contributed by atoms with Crippen molar-refractivity contribution in [2.24, 2.45) is 0 Å². The van der Waals surface area contributed by atoms with E-state index in [4.69, 9.17) is 11.6 Å². The standard InChI is InChI=1S/C23H20ClN3O2/c1-15-7-9-18(24)13-20(15)26-23(29)25-19-10-8-16-11-12-27(21(16)14-19)22(28)17-5-3-2-4-6-17/h2-10,13-14H,11-12H2,1H3,(H2,25,26,29). The first-order valence-corrected chi connectivity index (χ1v) is 9.73. The highest BCUT2D eigenvalue weighted by Crippen LogP contribution is 2.32. The summed E-state index contributed by atoms with van der Waals surface area (Å²) in [7, 11) is 0. The summed E-state index contributed by atoms with van der Waals surface area (Å²) in [6, 6.07) is 19.8. The van der Waals surface area contributed by atoms with E-state index in [9.17, 15) is 9.59 Å². The summed E-state index contributed by atoms with van der Waals surface area (Å²) in [5.74, 6) is -0.0412. The second-order valence-corrected chi connectivity index (χ2v) is 7.39. The fraction of sp³-hybridized carbons (Fsp3) is 0.130. The molecule has 6 heteroatoms. The lowest BCUT2D eigenvalue weighted by atomic mass is 10.1. The average Bonchev–Trinajstić information content (AvgIpc) is 3.14. The summed E-state index contributed by atoms with van der Waals surface area (Å²) in [6.07, 6.45) is 0.794. The highest BCUT2D eigenvalue weighted by Gasteiger charge is 2.26. The normalized spacial score (nSPS) is 12.4. The maximum atomic E-state index is 12.9. The predicted octanol–water partition coefficient (Wildman–Crippen LogP) is 5.50. The molecule has 0 aliphatic carbocycles. The van der Waals surface area contributed by atoms with Gasteiger partial charge in [-0.3, -0.25) is 4.79 Å². The zero-order valence-corrected chi connectivity index (χ0v) is 16.7. The molecule has 2 N–H and O–H groups in total. The summed E-state index contributed by atoms with van der Waals surface area (Å²) < 4.78 is 0. The smallest absolute Gasteiger partial charge is 0.308 e. The number of carbonyl (C=O) groups excluding carboxylic acids is 2. The number of hydrogen-bond acceptors (Lipinski definition) is 2. The van der Waals surface area contributed by atoms with Crippen molar-refractivity contribution in [1.82, 2.24) is 0 Å². The number of fused-ring (bicyclic) bond motifs is 1. The van der Waals surface area contributed by atoms with Crippen LogP contribution < -0.4 is 15.5 Å². The Kier molecular flexibility index (Phi) is 5.23. The molecule has 3 aromatic carbocycles. The van der Waals surface area contributed by atoms with Crippen LogP contribution in [0, 0.1) is 6.92 Å². The lowest BCUT2D eigenvalue weighted by Gasteiger charge is -2.18. The summed E-state index contributed by atoms with van der Waals surface area (Å²) in [4.78, 5) is 27.1. The van der Waals surface area contributed by atoms with Gasteiger partial charge < -0.3 is 15.5 Å². The van der Waals surface area contributed by atoms with Crippen LogP contribution in [0.1, 0.15) is 21.5 Å². The molecule has 1 aliphatic rings. The molecule has 1 aliphatic heterocycles. The second kappa shape index (κ2) is 7.97. The van der Waals surface area contributed by atoms with Gasteiger partial charge in [-0.1, -0.05) is 41.9 Å². The summed E-state index contributed by atoms with van der Waals surface area (Å²) >= 11 is 6.01. The third-order valence-corrected chi connectivity index (χ3v) is 5.19. The number of hydrogen-bond donors (Lipinski definition) is 2. The van der Waals surface area contributed by atoms with E-state index in [1.165, 1.54) is 0 Å². The molecule has 0 saturated heterocycles. The number of nitrogens with one attached hydrogen (secondary N) is 2. The van der Waals surface area contributed by atoms with Crippen LogP contribution in [0.5, 0.6) is 0 Å². The molecular weight excluding hydrogens is 386 g/mol. The minimum Gasteiger partial charge on any atom is -0.308 e. The van der Waals surface area contributed by atoms with E-state index in [1.54, 1.807) is 17.0 Å². The fourth-order valence-electron chi connectivity index (χ4n) is 3.42. The molecule has 0 saturated carbocycles. The number of carbonyl (C=O) groups is 2. The van der Waals surface area contributed by atoms with Crippen LogP contribution in [0.25, 0.3) is 0 Å². The van der Waals surface area contributed by atoms with Crippen molar-refractivity contribution in [2.75, 3.05) is 22.1 Å². The van der Waals surface area contributed by atoms with Crippen molar-refractivity contribution >= 4 is 40.6 Å². The van der Waals surface area contributed by atoms with Gasteiger partial charge >= 0.3 is 6.03 Å². The Morgan fingerprint density at radius 3 is 2.55 bits per heavy atom. The van der Waals surface area contributed by atoms with Crippen LogP contribution in [0.15, 0.2) is 66.7 Å². The summed E-state index contributed by atoms with van der Waals surface area (Å²) in [5, 5.41) is 6.20. The minimum atomic E-state index is -0.366. The van der Waals surface area contributed by atoms with Crippen molar-refractivity contribution in [1.29, 1.82) is 0 Å². The molecule has 0 spiro atoms. The molecule has 3 amide bonds. The van der Waals surface area contributed by atoms with Crippen LogP contribution in [-0.2, 0) is 6.42 Å². The molecule has 29 heavy (non-hydrogen) atoms. The zero-order valence-electron chi connectivity index (χ0n) is 15.9. The maximum absolute atomic E-state index is 12.9. The molecule has 1 heterocycles. The lowest BCUT2D eigenvalue weighted by molar-refractivity contribution is 0.0989. The Morgan fingerprint density at radius 1 is 0.966 bits per heavy atom. The Bertz CT molecular complexity index is 1080. The minimum absolute atomic E-state index is 0.0412. The molecular formula is C23H20ClN3O2. The van der Waals surface area contributed by atoms with Gasteiger partial charge in [0.1, 0.15) is 0 Å². The van der Waals surface area contributed by atoms with E-state index >= 15 is 0 Å². The van der Waals surface area contributed by atoms with E-state index in [1.807, 2.05) is 61.5 Å². The number of nitrogens with zero attached hydrogens (tertiary/aromatic N) is 1. The van der Waals surface area contributed by atoms with Gasteiger partial charge in [0.15, 0.2) is 0 Å². The molecule has 0 atom stereocenters. The van der Waals surface area contributed by atoms with Gasteiger partial charge in [0.25, 0.3) is 5.91 Å². The van der Waals surface area contributed by atoms with Gasteiger partial charge in [0, 0.05) is 34.2 Å². The number of aryl methyl sites for hydroxylation is 1. The first-order chi connectivity index (χ1) is 14.0. The van der Waals surface area contributed by atoms with E-state index in [2.05, 4.69) is 10.6 Å². The molecule has 0 fully saturated rings. The number of rotatable bonds is 3. The Balaban J connectivity index is 1.51. The molecule has 0 unspecified atom stereocenters. The second-order valence-electron chi connectivity index (χ2n) is 6.95. The molecule has 0 bridgehead atoms. The first kappa shape index (κ1) is 19.0. The van der Waals surface area contributed by atoms with Crippen LogP contribution in [0.4, 0.5) is 21.9 Å². The largest absolute Gasteiger partial charge is 0.323 e. The van der Waals surface area contributed by atoms with Crippen LogP contribution >= 0.6 is 11.6 Å². The quantitative estimate of drug-likeness (QED) is 0.604. The van der Waals surface area contributed by atoms with Crippen molar-refractivity contribution < 1.29 is 9.59 Å². The first-order valence-electron chi connectivity index (χ1n) is 9.35. The van der Waals surface area contributed by atoms with Crippen molar-refractivity contribution in [2.45, 2.75) is 13.3 Å². The molecule has 0 aromatic heterocycles. The maximum Gasteiger partial charge on any atom is 0.323 e. The van der Waals surface area contributed by atoms with Crippen LogP contribution in [-0.4, -0.2) is 18.5 Å². The van der Waals surface area contributed by atoms with E-state index < -0.39 is 0 Å². The summed E-state index contributed by atoms with van der Waals surface area (Å²) in [6.45, 7) is 2.52. The van der Waals surface area contributed by atoms with Crippen molar-refractivity contribution in [3.63, 3.8) is 0 Å². The topological polar surface area (TPSA) is 61.4 Å².